The third kappa shape index (κ3) is 5.50. The molecule has 206 valence electrons. The molecule has 4 aliphatic rings. The zero-order valence-corrected chi connectivity index (χ0v) is 21.2. The van der Waals surface area contributed by atoms with Crippen LogP contribution in [0.15, 0.2) is 18.3 Å². The molecule has 2 fully saturated rings. The first-order chi connectivity index (χ1) is 18.9. The molecule has 39 heavy (non-hydrogen) atoms. The lowest BCUT2D eigenvalue weighted by Gasteiger charge is -2.18. The predicted octanol–water partition coefficient (Wildman–Crippen LogP) is 1.64. The van der Waals surface area contributed by atoms with E-state index in [4.69, 9.17) is 14.2 Å². The highest BCUT2D eigenvalue weighted by atomic mass is 19.1. The van der Waals surface area contributed by atoms with Crippen LogP contribution in [-0.4, -0.2) is 73.4 Å². The maximum Gasteiger partial charge on any atom is 0.415 e. The Morgan fingerprint density at radius 3 is 3.00 bits per heavy atom. The lowest BCUT2D eigenvalue weighted by molar-refractivity contribution is -0.120. The molecule has 0 bridgehead atoms. The van der Waals surface area contributed by atoms with Gasteiger partial charge in [-0.3, -0.25) is 14.5 Å². The van der Waals surface area contributed by atoms with E-state index in [0.717, 1.165) is 12.0 Å². The number of fused-ring (bicyclic) bond motifs is 2. The summed E-state index contributed by atoms with van der Waals surface area (Å²) in [6, 6.07) is 3.27. The minimum absolute atomic E-state index is 0.125. The fourth-order valence-electron chi connectivity index (χ4n) is 5.39. The van der Waals surface area contributed by atoms with Crippen LogP contribution >= 0.6 is 0 Å². The monoisotopic (exact) mass is 540 g/mol. The smallest absolute Gasteiger partial charge is 0.415 e. The molecule has 0 saturated carbocycles. The first kappa shape index (κ1) is 25.4. The average molecular weight is 541 g/mol. The predicted molar refractivity (Wildman–Crippen MR) is 136 cm³/mol. The van der Waals surface area contributed by atoms with Gasteiger partial charge in [0.2, 0.25) is 5.91 Å². The second-order valence-corrected chi connectivity index (χ2v) is 10.2. The number of cyclic esters (lactones) is 1. The molecular formula is C26H29FN6O6. The third-order valence-corrected chi connectivity index (χ3v) is 7.41. The Kier molecular flexibility index (Phi) is 7.00. The quantitative estimate of drug-likeness (QED) is 0.426. The summed E-state index contributed by atoms with van der Waals surface area (Å²) in [5, 5.41) is 8.81. The van der Waals surface area contributed by atoms with E-state index >= 15 is 0 Å². The summed E-state index contributed by atoms with van der Waals surface area (Å²) >= 11 is 0. The zero-order chi connectivity index (χ0) is 26.9. The van der Waals surface area contributed by atoms with Crippen molar-refractivity contribution in [1.29, 1.82) is 0 Å². The van der Waals surface area contributed by atoms with Gasteiger partial charge in [-0.1, -0.05) is 0 Å². The van der Waals surface area contributed by atoms with E-state index in [0.29, 0.717) is 63.4 Å². The molecule has 2 aromatic rings. The number of nitrogens with zero attached hydrogens (tertiary/aromatic N) is 3. The number of halogens is 1. The van der Waals surface area contributed by atoms with Gasteiger partial charge in [0.15, 0.2) is 18.2 Å². The van der Waals surface area contributed by atoms with Crippen molar-refractivity contribution in [3.8, 4) is 5.88 Å². The Morgan fingerprint density at radius 1 is 1.26 bits per heavy atom. The summed E-state index contributed by atoms with van der Waals surface area (Å²) in [5.41, 5.74) is 2.12. The van der Waals surface area contributed by atoms with E-state index in [-0.39, 0.29) is 59.7 Å². The molecule has 12 nitrogen and oxygen atoms in total. The molecule has 0 spiro atoms. The lowest BCUT2D eigenvalue weighted by atomic mass is 10.1. The van der Waals surface area contributed by atoms with Crippen LogP contribution in [0, 0.1) is 17.7 Å². The normalized spacial score (nSPS) is 23.6. The number of nitrogens with one attached hydrogen (secondary N) is 3. The number of hydrogen-bond donors (Lipinski definition) is 3. The van der Waals surface area contributed by atoms with Gasteiger partial charge >= 0.3 is 6.09 Å². The molecule has 3 amide bonds. The SMILES string of the molecule is O=C1COc2ncc(N3CC(CCNCC4Cc5cc(NC(=O)C6CCOC6)cc(F)c5C4)OC3=O)nc2N1. The number of aromatic nitrogens is 2. The summed E-state index contributed by atoms with van der Waals surface area (Å²) in [4.78, 5) is 46.1. The molecule has 1 aliphatic carbocycles. The summed E-state index contributed by atoms with van der Waals surface area (Å²) < 4.78 is 30.7. The number of carbonyl (C=O) groups is 3. The van der Waals surface area contributed by atoms with Crippen molar-refractivity contribution < 1.29 is 33.0 Å². The second-order valence-electron chi connectivity index (χ2n) is 10.2. The Balaban J connectivity index is 0.964. The van der Waals surface area contributed by atoms with Gasteiger partial charge in [0.1, 0.15) is 11.9 Å². The van der Waals surface area contributed by atoms with Crippen molar-refractivity contribution in [3.05, 3.63) is 35.3 Å². The maximum atomic E-state index is 14.8. The van der Waals surface area contributed by atoms with E-state index < -0.39 is 6.09 Å². The van der Waals surface area contributed by atoms with E-state index in [2.05, 4.69) is 25.9 Å². The van der Waals surface area contributed by atoms with E-state index in [1.165, 1.54) is 17.2 Å². The zero-order valence-electron chi connectivity index (χ0n) is 21.2. The largest absolute Gasteiger partial charge is 0.465 e. The molecule has 2 saturated heterocycles. The third-order valence-electron chi connectivity index (χ3n) is 7.41. The number of amides is 3. The number of benzene rings is 1. The summed E-state index contributed by atoms with van der Waals surface area (Å²) in [6.07, 6.45) is 3.18. The summed E-state index contributed by atoms with van der Waals surface area (Å²) in [7, 11) is 0. The molecule has 3 unspecified atom stereocenters. The Bertz CT molecular complexity index is 1300. The van der Waals surface area contributed by atoms with Gasteiger partial charge in [-0.2, -0.15) is 0 Å². The van der Waals surface area contributed by atoms with E-state index in [1.54, 1.807) is 0 Å². The Hall–Kier alpha value is -3.84. The van der Waals surface area contributed by atoms with Crippen LogP contribution in [0.3, 0.4) is 0 Å². The molecule has 13 heteroatoms. The fourth-order valence-corrected chi connectivity index (χ4v) is 5.39. The van der Waals surface area contributed by atoms with Crippen LogP contribution in [0.1, 0.15) is 24.0 Å². The number of ether oxygens (including phenoxy) is 3. The van der Waals surface area contributed by atoms with Crippen molar-refractivity contribution in [3.63, 3.8) is 0 Å². The molecule has 1 aromatic heterocycles. The van der Waals surface area contributed by atoms with E-state index in [9.17, 15) is 18.8 Å². The van der Waals surface area contributed by atoms with E-state index in [1.807, 2.05) is 6.07 Å². The standard InChI is InChI=1S/C26H29FN6O6/c27-20-8-17(30-24(35)15-2-4-37-12-15)7-16-5-14(6-19(16)20)9-28-3-1-18-11-33(26(36)39-18)21-10-29-25-23(31-21)32-22(34)13-38-25/h7-8,10,14-15,18,28H,1-6,9,11-13H2,(H,30,35)(H,31,32,34). The van der Waals surface area contributed by atoms with Crippen LogP contribution in [0.2, 0.25) is 0 Å². The molecule has 4 heterocycles. The lowest BCUT2D eigenvalue weighted by Crippen LogP contribution is -2.30. The first-order valence-electron chi connectivity index (χ1n) is 13.1. The van der Waals surface area contributed by atoms with Gasteiger partial charge in [0.05, 0.1) is 25.3 Å². The molecular weight excluding hydrogens is 511 g/mol. The summed E-state index contributed by atoms with van der Waals surface area (Å²) in [6.45, 7) is 2.47. The van der Waals surface area contributed by atoms with Crippen molar-refractivity contribution >= 4 is 35.2 Å². The van der Waals surface area contributed by atoms with Crippen LogP contribution in [0.4, 0.5) is 26.5 Å². The number of anilines is 3. The topological polar surface area (TPSA) is 144 Å². The maximum absolute atomic E-state index is 14.8. The Morgan fingerprint density at radius 2 is 2.15 bits per heavy atom. The summed E-state index contributed by atoms with van der Waals surface area (Å²) in [5.74, 6) is -0.0532. The molecule has 0 radical (unpaired) electrons. The average Bonchev–Trinajstić information content (AvgIpc) is 3.66. The van der Waals surface area contributed by atoms with Gasteiger partial charge in [-0.05, 0) is 68.0 Å². The highest BCUT2D eigenvalue weighted by Crippen LogP contribution is 2.32. The minimum atomic E-state index is -0.526. The minimum Gasteiger partial charge on any atom is -0.465 e. The van der Waals surface area contributed by atoms with Crippen LogP contribution in [-0.2, 0) is 31.9 Å². The Labute approximate surface area is 223 Å². The second kappa shape index (κ2) is 10.7. The van der Waals surface area contributed by atoms with Crippen molar-refractivity contribution in [2.45, 2.75) is 31.8 Å². The number of carbonyl (C=O) groups excluding carboxylic acids is 3. The van der Waals surface area contributed by atoms with Gasteiger partial charge < -0.3 is 30.2 Å². The first-order valence-corrected chi connectivity index (χ1v) is 13.1. The highest BCUT2D eigenvalue weighted by molar-refractivity contribution is 5.95. The van der Waals surface area contributed by atoms with Gasteiger partial charge in [-0.15, -0.1) is 0 Å². The highest BCUT2D eigenvalue weighted by Gasteiger charge is 2.34. The fraction of sp³-hybridized carbons (Fsp3) is 0.500. The van der Waals surface area contributed by atoms with Crippen LogP contribution in [0.5, 0.6) is 5.88 Å². The molecule has 3 atom stereocenters. The van der Waals surface area contributed by atoms with Gasteiger partial charge in [0.25, 0.3) is 11.8 Å². The molecule has 6 rings (SSSR count). The van der Waals surface area contributed by atoms with Crippen molar-refractivity contribution in [2.75, 3.05) is 55.0 Å². The van der Waals surface area contributed by atoms with Crippen molar-refractivity contribution in [2.24, 2.45) is 11.8 Å². The number of rotatable bonds is 8. The molecule has 3 aliphatic heterocycles. The molecule has 3 N–H and O–H groups in total. The van der Waals surface area contributed by atoms with Gasteiger partial charge in [0, 0.05) is 12.3 Å². The van der Waals surface area contributed by atoms with Gasteiger partial charge in [-0.25, -0.2) is 19.2 Å². The number of hydrogen-bond acceptors (Lipinski definition) is 9. The van der Waals surface area contributed by atoms with Crippen LogP contribution in [0.25, 0.3) is 0 Å². The van der Waals surface area contributed by atoms with Crippen molar-refractivity contribution in [1.82, 2.24) is 15.3 Å². The van der Waals surface area contributed by atoms with Crippen LogP contribution < -0.4 is 25.6 Å². The molecule has 1 aromatic carbocycles.